The van der Waals surface area contributed by atoms with Crippen LogP contribution in [0.4, 0.5) is 5.69 Å². The van der Waals surface area contributed by atoms with Gasteiger partial charge in [-0.25, -0.2) is 0 Å². The van der Waals surface area contributed by atoms with Gasteiger partial charge >= 0.3 is 0 Å². The number of halogens is 1. The van der Waals surface area contributed by atoms with Crippen molar-refractivity contribution in [2.45, 2.75) is 6.92 Å². The van der Waals surface area contributed by atoms with Crippen LogP contribution in [0.3, 0.4) is 0 Å². The van der Waals surface area contributed by atoms with E-state index in [0.29, 0.717) is 23.2 Å². The second-order valence-electron chi connectivity index (χ2n) is 5.43. The second-order valence-corrected chi connectivity index (χ2v) is 5.87. The Morgan fingerprint density at radius 3 is 2.58 bits per heavy atom. The number of rotatable bonds is 1. The van der Waals surface area contributed by atoms with Gasteiger partial charge in [0.05, 0.1) is 17.9 Å². The Morgan fingerprint density at radius 2 is 1.96 bits per heavy atom. The van der Waals surface area contributed by atoms with Crippen molar-refractivity contribution < 1.29 is 5.11 Å². The first-order valence-electron chi connectivity index (χ1n) is 7.46. The summed E-state index contributed by atoms with van der Waals surface area (Å²) in [4.78, 5) is 10.7. The fraction of sp³-hybridized carbons (Fsp3) is 0.167. The summed E-state index contributed by atoms with van der Waals surface area (Å²) in [5.41, 5.74) is 3.16. The number of aliphatic imine (C=N–C) groups is 2. The maximum absolute atomic E-state index is 9.96. The van der Waals surface area contributed by atoms with Gasteiger partial charge in [0.25, 0.3) is 0 Å². The monoisotopic (exact) mass is 340 g/mol. The molecule has 5 nitrogen and oxygen atoms in total. The quantitative estimate of drug-likeness (QED) is 0.613. The van der Waals surface area contributed by atoms with E-state index in [1.165, 1.54) is 0 Å². The third-order valence-corrected chi connectivity index (χ3v) is 4.08. The van der Waals surface area contributed by atoms with Crippen molar-refractivity contribution in [1.82, 2.24) is 0 Å². The Morgan fingerprint density at radius 1 is 1.25 bits per heavy atom. The van der Waals surface area contributed by atoms with E-state index in [0.717, 1.165) is 22.5 Å². The molecule has 3 rings (SSSR count). The van der Waals surface area contributed by atoms with E-state index in [1.807, 2.05) is 12.1 Å². The Labute approximate surface area is 145 Å². The van der Waals surface area contributed by atoms with Gasteiger partial charge < -0.3 is 5.11 Å². The molecular weight excluding hydrogens is 324 g/mol. The molecule has 1 aliphatic rings. The van der Waals surface area contributed by atoms with Crippen LogP contribution < -0.4 is 4.90 Å². The number of benzene rings is 2. The number of fused-ring (bicyclic) bond motifs is 1. The Kier molecular flexibility index (Phi) is 4.36. The van der Waals surface area contributed by atoms with E-state index in [9.17, 15) is 5.11 Å². The molecule has 1 heterocycles. The molecule has 0 saturated heterocycles. The van der Waals surface area contributed by atoms with Crippen LogP contribution in [-0.4, -0.2) is 36.1 Å². The number of anilines is 1. The third kappa shape index (κ3) is 2.90. The summed E-state index contributed by atoms with van der Waals surface area (Å²) in [6.45, 7) is 2.05. The van der Waals surface area contributed by atoms with E-state index in [2.05, 4.69) is 9.98 Å². The van der Waals surface area contributed by atoms with Crippen LogP contribution in [0.15, 0.2) is 52.4 Å². The molecule has 0 bridgehead atoms. The van der Waals surface area contributed by atoms with E-state index in [4.69, 9.17) is 17.0 Å². The molecule has 0 unspecified atom stereocenters. The summed E-state index contributed by atoms with van der Waals surface area (Å²) < 4.78 is 0. The molecule has 0 atom stereocenters. The molecule has 1 aliphatic heterocycles. The van der Waals surface area contributed by atoms with E-state index < -0.39 is 0 Å². The molecule has 2 aromatic rings. The summed E-state index contributed by atoms with van der Waals surface area (Å²) in [5, 5.41) is 18.7. The highest BCUT2D eigenvalue weighted by Gasteiger charge is 2.25. The van der Waals surface area contributed by atoms with Crippen LogP contribution in [0.2, 0.25) is 5.02 Å². The van der Waals surface area contributed by atoms with Crippen LogP contribution in [-0.2, 0) is 0 Å². The second kappa shape index (κ2) is 6.45. The van der Waals surface area contributed by atoms with Crippen LogP contribution in [0.25, 0.3) is 0 Å². The molecule has 0 aliphatic carbocycles. The SMILES string of the molecule is CN=C1CN=C(c2ccc(Cl)cc2)c2cc(O)ccc2N1C(C)=N. The van der Waals surface area contributed by atoms with E-state index in [-0.39, 0.29) is 5.75 Å². The standard InChI is InChI=1S/C18H17ClN4O/c1-11(20)23-16-8-7-14(24)9-15(16)18(22-10-17(23)21-2)12-3-5-13(19)6-4-12/h3-9,20,24H,10H2,1-2H3. The third-order valence-electron chi connectivity index (χ3n) is 3.82. The average Bonchev–Trinajstić information content (AvgIpc) is 2.72. The number of amidine groups is 2. The summed E-state index contributed by atoms with van der Waals surface area (Å²) >= 11 is 5.98. The summed E-state index contributed by atoms with van der Waals surface area (Å²) in [6, 6.07) is 12.5. The minimum atomic E-state index is 0.148. The lowest BCUT2D eigenvalue weighted by Crippen LogP contribution is -2.36. The Bertz CT molecular complexity index is 856. The minimum absolute atomic E-state index is 0.148. The maximum Gasteiger partial charge on any atom is 0.131 e. The average molecular weight is 341 g/mol. The van der Waals surface area contributed by atoms with Crippen LogP contribution >= 0.6 is 11.6 Å². The summed E-state index contributed by atoms with van der Waals surface area (Å²) in [6.07, 6.45) is 0. The van der Waals surface area contributed by atoms with Crippen molar-refractivity contribution >= 4 is 34.7 Å². The zero-order chi connectivity index (χ0) is 17.3. The Balaban J connectivity index is 2.25. The van der Waals surface area contributed by atoms with Crippen molar-refractivity contribution in [1.29, 1.82) is 5.41 Å². The lowest BCUT2D eigenvalue weighted by atomic mass is 10.00. The highest BCUT2D eigenvalue weighted by Crippen LogP contribution is 2.30. The first-order valence-corrected chi connectivity index (χ1v) is 7.83. The van der Waals surface area contributed by atoms with Crippen LogP contribution in [0, 0.1) is 5.41 Å². The van der Waals surface area contributed by atoms with Gasteiger partial charge in [0.15, 0.2) is 0 Å². The normalized spacial score (nSPS) is 15.7. The van der Waals surface area contributed by atoms with Gasteiger partial charge in [0, 0.05) is 23.2 Å². The van der Waals surface area contributed by atoms with Gasteiger partial charge in [-0.3, -0.25) is 20.3 Å². The van der Waals surface area contributed by atoms with Crippen LogP contribution in [0.1, 0.15) is 18.1 Å². The largest absolute Gasteiger partial charge is 0.508 e. The van der Waals surface area contributed by atoms with Gasteiger partial charge in [-0.15, -0.1) is 0 Å². The molecule has 2 aromatic carbocycles. The molecule has 0 amide bonds. The molecule has 0 saturated carbocycles. The fourth-order valence-electron chi connectivity index (χ4n) is 2.75. The van der Waals surface area contributed by atoms with E-state index >= 15 is 0 Å². The van der Waals surface area contributed by atoms with Crippen molar-refractivity contribution in [2.24, 2.45) is 9.98 Å². The van der Waals surface area contributed by atoms with Gasteiger partial charge in [-0.2, -0.15) is 0 Å². The predicted octanol–water partition coefficient (Wildman–Crippen LogP) is 3.73. The van der Waals surface area contributed by atoms with Gasteiger partial charge in [0.1, 0.15) is 17.4 Å². The summed E-state index contributed by atoms with van der Waals surface area (Å²) in [5.74, 6) is 1.17. The van der Waals surface area contributed by atoms with Crippen molar-refractivity contribution in [3.8, 4) is 5.75 Å². The molecule has 6 heteroatoms. The highest BCUT2D eigenvalue weighted by atomic mass is 35.5. The number of phenolic OH excluding ortho intramolecular Hbond substituents is 1. The number of nitrogens with one attached hydrogen (secondary N) is 1. The highest BCUT2D eigenvalue weighted by molar-refractivity contribution is 6.31. The lowest BCUT2D eigenvalue weighted by Gasteiger charge is -2.24. The number of phenols is 1. The molecule has 0 spiro atoms. The first-order chi connectivity index (χ1) is 11.5. The van der Waals surface area contributed by atoms with Crippen LogP contribution in [0.5, 0.6) is 5.75 Å². The molecule has 0 fully saturated rings. The molecule has 0 radical (unpaired) electrons. The fourth-order valence-corrected chi connectivity index (χ4v) is 2.88. The number of hydrogen-bond donors (Lipinski definition) is 2. The topological polar surface area (TPSA) is 72.0 Å². The summed E-state index contributed by atoms with van der Waals surface area (Å²) in [7, 11) is 1.69. The molecule has 24 heavy (non-hydrogen) atoms. The van der Waals surface area contributed by atoms with Gasteiger partial charge in [-0.1, -0.05) is 23.7 Å². The minimum Gasteiger partial charge on any atom is -0.508 e. The number of benzodiazepines with no additional fused rings is 1. The maximum atomic E-state index is 9.96. The van der Waals surface area contributed by atoms with Gasteiger partial charge in [-0.05, 0) is 37.3 Å². The van der Waals surface area contributed by atoms with Crippen molar-refractivity contribution in [3.05, 3.63) is 58.6 Å². The number of hydrogen-bond acceptors (Lipinski definition) is 4. The van der Waals surface area contributed by atoms with E-state index in [1.54, 1.807) is 49.2 Å². The number of aromatic hydroxyl groups is 1. The van der Waals surface area contributed by atoms with Gasteiger partial charge in [0.2, 0.25) is 0 Å². The smallest absolute Gasteiger partial charge is 0.131 e. The van der Waals surface area contributed by atoms with Crippen molar-refractivity contribution in [2.75, 3.05) is 18.5 Å². The molecule has 0 aromatic heterocycles. The molecule has 2 N–H and O–H groups in total. The molecular formula is C18H17ClN4O. The van der Waals surface area contributed by atoms with Crippen molar-refractivity contribution in [3.63, 3.8) is 0 Å². The Hall–Kier alpha value is -2.66. The zero-order valence-electron chi connectivity index (χ0n) is 13.4. The zero-order valence-corrected chi connectivity index (χ0v) is 14.2. The number of nitrogens with zero attached hydrogens (tertiary/aromatic N) is 3. The predicted molar refractivity (Wildman–Crippen MR) is 99.3 cm³/mol. The first kappa shape index (κ1) is 16.2. The molecule has 122 valence electrons. The lowest BCUT2D eigenvalue weighted by molar-refractivity contribution is 0.475.